The van der Waals surface area contributed by atoms with Crippen molar-refractivity contribution in [3.8, 4) is 0 Å². The summed E-state index contributed by atoms with van der Waals surface area (Å²) in [5.74, 6) is -0.595. The minimum atomic E-state index is -0.936. The topological polar surface area (TPSA) is 63.3 Å². The predicted octanol–water partition coefficient (Wildman–Crippen LogP) is 2.18. The van der Waals surface area contributed by atoms with Gasteiger partial charge in [0.15, 0.2) is 0 Å². The molecule has 1 rings (SSSR count). The van der Waals surface area contributed by atoms with Gasteiger partial charge in [-0.15, -0.1) is 12.4 Å². The molecule has 3 N–H and O–H groups in total. The molecule has 0 saturated heterocycles. The molecular formula is C10H20ClNO2. The van der Waals surface area contributed by atoms with Crippen LogP contribution in [0.25, 0.3) is 0 Å². The lowest BCUT2D eigenvalue weighted by molar-refractivity contribution is -0.147. The van der Waals surface area contributed by atoms with Crippen molar-refractivity contribution >= 4 is 18.4 Å². The van der Waals surface area contributed by atoms with E-state index in [1.807, 2.05) is 0 Å². The number of carbonyl (C=O) groups is 1. The number of hydrogen-bond acceptors (Lipinski definition) is 2. The molecule has 0 aromatic carbocycles. The van der Waals surface area contributed by atoms with E-state index in [0.29, 0.717) is 6.42 Å². The van der Waals surface area contributed by atoms with E-state index in [1.54, 1.807) is 0 Å². The minimum absolute atomic E-state index is 0. The third kappa shape index (κ3) is 2.61. The van der Waals surface area contributed by atoms with E-state index in [2.05, 4.69) is 6.92 Å². The van der Waals surface area contributed by atoms with Crippen LogP contribution in [-0.4, -0.2) is 16.6 Å². The molecule has 0 aromatic heterocycles. The largest absolute Gasteiger partial charge is 0.480 e. The molecule has 0 radical (unpaired) electrons. The summed E-state index contributed by atoms with van der Waals surface area (Å²) in [6.07, 6.45) is 5.68. The molecule has 3 nitrogen and oxygen atoms in total. The van der Waals surface area contributed by atoms with E-state index >= 15 is 0 Å². The third-order valence-electron chi connectivity index (χ3n) is 3.18. The first-order chi connectivity index (χ1) is 6.11. The minimum Gasteiger partial charge on any atom is -0.480 e. The SMILES string of the molecule is CCCC[C@@](N)(C(=O)O)C1CCC1.Cl. The van der Waals surface area contributed by atoms with Gasteiger partial charge in [-0.3, -0.25) is 4.79 Å². The van der Waals surface area contributed by atoms with Gasteiger partial charge >= 0.3 is 5.97 Å². The average Bonchev–Trinajstić information content (AvgIpc) is 1.97. The Morgan fingerprint density at radius 2 is 2.14 bits per heavy atom. The van der Waals surface area contributed by atoms with Crippen LogP contribution in [0.1, 0.15) is 45.4 Å². The van der Waals surface area contributed by atoms with Crippen molar-refractivity contribution in [1.29, 1.82) is 0 Å². The summed E-state index contributed by atoms with van der Waals surface area (Å²) in [5.41, 5.74) is 5.00. The number of carboxylic acids is 1. The maximum atomic E-state index is 11.0. The Morgan fingerprint density at radius 3 is 2.43 bits per heavy atom. The molecule has 4 heteroatoms. The van der Waals surface area contributed by atoms with Gasteiger partial charge in [-0.25, -0.2) is 0 Å². The molecule has 0 aliphatic heterocycles. The van der Waals surface area contributed by atoms with Crippen LogP contribution >= 0.6 is 12.4 Å². The summed E-state index contributed by atoms with van der Waals surface area (Å²) in [7, 11) is 0. The van der Waals surface area contributed by atoms with Crippen LogP contribution in [0.4, 0.5) is 0 Å². The quantitative estimate of drug-likeness (QED) is 0.748. The first-order valence-electron chi connectivity index (χ1n) is 5.13. The molecule has 0 aromatic rings. The molecule has 1 fully saturated rings. The molecule has 1 saturated carbocycles. The maximum Gasteiger partial charge on any atom is 0.323 e. The summed E-state index contributed by atoms with van der Waals surface area (Å²) in [4.78, 5) is 11.0. The van der Waals surface area contributed by atoms with Crippen molar-refractivity contribution in [2.24, 2.45) is 11.7 Å². The maximum absolute atomic E-state index is 11.0. The van der Waals surface area contributed by atoms with Crippen LogP contribution in [0, 0.1) is 5.92 Å². The van der Waals surface area contributed by atoms with Crippen LogP contribution in [0.5, 0.6) is 0 Å². The lowest BCUT2D eigenvalue weighted by atomic mass is 9.69. The monoisotopic (exact) mass is 221 g/mol. The van der Waals surface area contributed by atoms with Gasteiger partial charge in [0.2, 0.25) is 0 Å². The van der Waals surface area contributed by atoms with Gasteiger partial charge < -0.3 is 10.8 Å². The van der Waals surface area contributed by atoms with Crippen molar-refractivity contribution in [2.45, 2.75) is 51.0 Å². The van der Waals surface area contributed by atoms with Gasteiger partial charge in [0.05, 0.1) is 0 Å². The van der Waals surface area contributed by atoms with Crippen LogP contribution in [-0.2, 0) is 4.79 Å². The number of hydrogen-bond donors (Lipinski definition) is 2. The number of carboxylic acid groups (broad SMARTS) is 1. The Balaban J connectivity index is 0.00000169. The average molecular weight is 222 g/mol. The lowest BCUT2D eigenvalue weighted by Crippen LogP contribution is -2.56. The Labute approximate surface area is 91.5 Å². The first-order valence-corrected chi connectivity index (χ1v) is 5.13. The third-order valence-corrected chi connectivity index (χ3v) is 3.18. The highest BCUT2D eigenvalue weighted by Gasteiger charge is 2.44. The number of aliphatic carboxylic acids is 1. The normalized spacial score (nSPS) is 20.4. The van der Waals surface area contributed by atoms with E-state index in [9.17, 15) is 4.79 Å². The Bertz CT molecular complexity index is 195. The molecule has 1 aliphatic rings. The highest BCUT2D eigenvalue weighted by atomic mass is 35.5. The summed E-state index contributed by atoms with van der Waals surface area (Å²) >= 11 is 0. The van der Waals surface area contributed by atoms with Crippen molar-refractivity contribution in [3.05, 3.63) is 0 Å². The molecule has 1 atom stereocenters. The van der Waals surface area contributed by atoms with E-state index in [0.717, 1.165) is 32.1 Å². The summed E-state index contributed by atoms with van der Waals surface area (Å²) in [6.45, 7) is 2.06. The second kappa shape index (κ2) is 5.56. The molecular weight excluding hydrogens is 202 g/mol. The summed E-state index contributed by atoms with van der Waals surface area (Å²) < 4.78 is 0. The zero-order chi connectivity index (χ0) is 9.90. The van der Waals surface area contributed by atoms with E-state index < -0.39 is 11.5 Å². The second-order valence-corrected chi connectivity index (χ2v) is 4.08. The van der Waals surface area contributed by atoms with Crippen LogP contribution < -0.4 is 5.73 Å². The fourth-order valence-corrected chi connectivity index (χ4v) is 1.88. The van der Waals surface area contributed by atoms with Gasteiger partial charge in [-0.1, -0.05) is 26.2 Å². The highest BCUT2D eigenvalue weighted by Crippen LogP contribution is 2.37. The Morgan fingerprint density at radius 1 is 1.57 bits per heavy atom. The molecule has 0 bridgehead atoms. The smallest absolute Gasteiger partial charge is 0.323 e. The second-order valence-electron chi connectivity index (χ2n) is 4.08. The molecule has 0 amide bonds. The lowest BCUT2D eigenvalue weighted by Gasteiger charge is -2.39. The molecule has 0 unspecified atom stereocenters. The number of unbranched alkanes of at least 4 members (excludes halogenated alkanes) is 1. The van der Waals surface area contributed by atoms with E-state index in [-0.39, 0.29) is 18.3 Å². The molecule has 84 valence electrons. The van der Waals surface area contributed by atoms with Crippen LogP contribution in [0.3, 0.4) is 0 Å². The predicted molar refractivity (Wildman–Crippen MR) is 58.7 cm³/mol. The fraction of sp³-hybridized carbons (Fsp3) is 0.900. The number of nitrogens with two attached hydrogens (primary N) is 1. The van der Waals surface area contributed by atoms with Gasteiger partial charge in [0.25, 0.3) is 0 Å². The van der Waals surface area contributed by atoms with E-state index in [1.165, 1.54) is 0 Å². The number of rotatable bonds is 5. The molecule has 1 aliphatic carbocycles. The highest BCUT2D eigenvalue weighted by molar-refractivity contribution is 5.85. The van der Waals surface area contributed by atoms with Gasteiger partial charge in [0, 0.05) is 0 Å². The van der Waals surface area contributed by atoms with E-state index in [4.69, 9.17) is 10.8 Å². The van der Waals surface area contributed by atoms with Crippen LogP contribution in [0.15, 0.2) is 0 Å². The van der Waals surface area contributed by atoms with Gasteiger partial charge in [-0.2, -0.15) is 0 Å². The zero-order valence-corrected chi connectivity index (χ0v) is 9.48. The molecule has 14 heavy (non-hydrogen) atoms. The van der Waals surface area contributed by atoms with Gasteiger partial charge in [0.1, 0.15) is 5.54 Å². The van der Waals surface area contributed by atoms with Crippen molar-refractivity contribution in [3.63, 3.8) is 0 Å². The fourth-order valence-electron chi connectivity index (χ4n) is 1.88. The first kappa shape index (κ1) is 13.7. The summed E-state index contributed by atoms with van der Waals surface area (Å²) in [5, 5.41) is 9.07. The van der Waals surface area contributed by atoms with Gasteiger partial charge in [-0.05, 0) is 25.2 Å². The van der Waals surface area contributed by atoms with Crippen molar-refractivity contribution in [1.82, 2.24) is 0 Å². The Hall–Kier alpha value is -0.280. The molecule has 0 spiro atoms. The number of halogens is 1. The summed E-state index contributed by atoms with van der Waals surface area (Å²) in [6, 6.07) is 0. The Kier molecular flexibility index (Phi) is 5.45. The molecule has 0 heterocycles. The zero-order valence-electron chi connectivity index (χ0n) is 8.66. The van der Waals surface area contributed by atoms with Crippen molar-refractivity contribution in [2.75, 3.05) is 0 Å². The van der Waals surface area contributed by atoms with Crippen LogP contribution in [0.2, 0.25) is 0 Å². The van der Waals surface area contributed by atoms with Crippen molar-refractivity contribution < 1.29 is 9.90 Å². The standard InChI is InChI=1S/C10H19NO2.ClH/c1-2-3-7-10(11,9(12)13)8-5-4-6-8;/h8H,2-7,11H2,1H3,(H,12,13);1H/t10-;/m0./s1.